The Balaban J connectivity index is 1.62. The molecule has 0 radical (unpaired) electrons. The Morgan fingerprint density at radius 1 is 1.40 bits per heavy atom. The molecule has 112 valence electrons. The second kappa shape index (κ2) is 6.41. The fourth-order valence-corrected chi connectivity index (χ4v) is 4.51. The summed E-state index contributed by atoms with van der Waals surface area (Å²) in [4.78, 5) is 11.1. The lowest BCUT2D eigenvalue weighted by atomic mass is 9.84. The highest BCUT2D eigenvalue weighted by molar-refractivity contribution is 7.15. The second-order valence-corrected chi connectivity index (χ2v) is 7.17. The third-order valence-corrected chi connectivity index (χ3v) is 5.76. The summed E-state index contributed by atoms with van der Waals surface area (Å²) in [5.74, 6) is 0.837. The molecule has 0 spiro atoms. The van der Waals surface area contributed by atoms with Gasteiger partial charge in [0.2, 0.25) is 0 Å². The standard InChI is InChI=1S/C15H26N4S/c1-3-16-9-13-10-17-15(20-13)19-8-6-14-12(11-19)5-4-7-18(14)2/h10,12,14,16H,3-9,11H2,1-2H3. The molecule has 5 heteroatoms. The summed E-state index contributed by atoms with van der Waals surface area (Å²) < 4.78 is 0. The SMILES string of the molecule is CCNCc1cnc(N2CCC3C(CCCN3C)C2)s1. The maximum atomic E-state index is 4.64. The number of rotatable bonds is 4. The van der Waals surface area contributed by atoms with Gasteiger partial charge >= 0.3 is 0 Å². The van der Waals surface area contributed by atoms with Gasteiger partial charge in [-0.25, -0.2) is 4.98 Å². The summed E-state index contributed by atoms with van der Waals surface area (Å²) in [5, 5.41) is 4.60. The van der Waals surface area contributed by atoms with E-state index in [1.54, 1.807) is 0 Å². The topological polar surface area (TPSA) is 31.4 Å². The predicted molar refractivity (Wildman–Crippen MR) is 85.5 cm³/mol. The zero-order valence-corrected chi connectivity index (χ0v) is 13.5. The van der Waals surface area contributed by atoms with Crippen molar-refractivity contribution in [1.82, 2.24) is 15.2 Å². The van der Waals surface area contributed by atoms with E-state index in [0.717, 1.165) is 25.0 Å². The van der Waals surface area contributed by atoms with Crippen LogP contribution in [0, 0.1) is 5.92 Å². The van der Waals surface area contributed by atoms with Crippen LogP contribution in [0.3, 0.4) is 0 Å². The minimum Gasteiger partial charge on any atom is -0.348 e. The van der Waals surface area contributed by atoms with Crippen molar-refractivity contribution in [2.75, 3.05) is 38.1 Å². The summed E-state index contributed by atoms with van der Waals surface area (Å²) >= 11 is 1.86. The molecule has 1 aromatic rings. The molecule has 4 nitrogen and oxygen atoms in total. The van der Waals surface area contributed by atoms with E-state index in [0.29, 0.717) is 0 Å². The zero-order valence-electron chi connectivity index (χ0n) is 12.6. The molecule has 0 amide bonds. The third-order valence-electron chi connectivity index (χ3n) is 4.71. The van der Waals surface area contributed by atoms with Gasteiger partial charge in [-0.3, -0.25) is 0 Å². The van der Waals surface area contributed by atoms with E-state index in [1.165, 1.54) is 48.9 Å². The average Bonchev–Trinajstić information content (AvgIpc) is 2.94. The molecule has 3 rings (SSSR count). The fraction of sp³-hybridized carbons (Fsp3) is 0.800. The first-order valence-corrected chi connectivity index (χ1v) is 8.70. The maximum Gasteiger partial charge on any atom is 0.185 e. The number of aromatic nitrogens is 1. The van der Waals surface area contributed by atoms with Gasteiger partial charge in [0, 0.05) is 36.8 Å². The maximum absolute atomic E-state index is 4.64. The Bertz CT molecular complexity index is 433. The molecule has 1 aromatic heterocycles. The van der Waals surface area contributed by atoms with E-state index >= 15 is 0 Å². The number of likely N-dealkylation sites (tertiary alicyclic amines) is 1. The largest absolute Gasteiger partial charge is 0.348 e. The summed E-state index contributed by atoms with van der Waals surface area (Å²) in [5.41, 5.74) is 0. The number of hydrogen-bond donors (Lipinski definition) is 1. The molecule has 2 aliphatic rings. The zero-order chi connectivity index (χ0) is 13.9. The third kappa shape index (κ3) is 3.00. The van der Waals surface area contributed by atoms with Crippen LogP contribution in [-0.2, 0) is 6.54 Å². The first-order chi connectivity index (χ1) is 9.78. The van der Waals surface area contributed by atoms with Crippen LogP contribution < -0.4 is 10.2 Å². The molecular weight excluding hydrogens is 268 g/mol. The van der Waals surface area contributed by atoms with Crippen LogP contribution in [0.5, 0.6) is 0 Å². The number of fused-ring (bicyclic) bond motifs is 1. The number of nitrogens with zero attached hydrogens (tertiary/aromatic N) is 3. The van der Waals surface area contributed by atoms with Gasteiger partial charge in [-0.05, 0) is 45.3 Å². The number of piperidine rings is 2. The van der Waals surface area contributed by atoms with Crippen molar-refractivity contribution in [3.8, 4) is 0 Å². The quantitative estimate of drug-likeness (QED) is 0.922. The number of nitrogens with one attached hydrogen (secondary N) is 1. The van der Waals surface area contributed by atoms with Gasteiger partial charge < -0.3 is 15.1 Å². The fourth-order valence-electron chi connectivity index (χ4n) is 3.60. The van der Waals surface area contributed by atoms with Crippen molar-refractivity contribution >= 4 is 16.5 Å². The normalized spacial score (nSPS) is 27.6. The minimum absolute atomic E-state index is 0.807. The molecule has 2 aliphatic heterocycles. The van der Waals surface area contributed by atoms with Crippen molar-refractivity contribution in [2.24, 2.45) is 5.92 Å². The number of anilines is 1. The van der Waals surface area contributed by atoms with E-state index in [-0.39, 0.29) is 0 Å². The molecule has 3 heterocycles. The molecule has 2 saturated heterocycles. The van der Waals surface area contributed by atoms with Crippen LogP contribution in [0.2, 0.25) is 0 Å². The highest BCUT2D eigenvalue weighted by Gasteiger charge is 2.34. The van der Waals surface area contributed by atoms with Crippen LogP contribution >= 0.6 is 11.3 Å². The van der Waals surface area contributed by atoms with Crippen molar-refractivity contribution < 1.29 is 0 Å². The van der Waals surface area contributed by atoms with Crippen LogP contribution in [0.4, 0.5) is 5.13 Å². The van der Waals surface area contributed by atoms with Gasteiger partial charge in [0.25, 0.3) is 0 Å². The lowest BCUT2D eigenvalue weighted by Gasteiger charge is -2.45. The Hall–Kier alpha value is -0.650. The highest BCUT2D eigenvalue weighted by atomic mass is 32.1. The number of thiazole rings is 1. The van der Waals surface area contributed by atoms with E-state index in [4.69, 9.17) is 0 Å². The molecule has 0 aromatic carbocycles. The molecule has 0 bridgehead atoms. The van der Waals surface area contributed by atoms with Crippen LogP contribution in [0.25, 0.3) is 0 Å². The molecule has 1 N–H and O–H groups in total. The van der Waals surface area contributed by atoms with Gasteiger partial charge in [-0.1, -0.05) is 6.92 Å². The molecule has 2 unspecified atom stereocenters. The molecule has 0 saturated carbocycles. The van der Waals surface area contributed by atoms with Gasteiger partial charge in [0.05, 0.1) is 0 Å². The van der Waals surface area contributed by atoms with Gasteiger partial charge in [-0.15, -0.1) is 11.3 Å². The lowest BCUT2D eigenvalue weighted by Crippen LogP contribution is -2.52. The van der Waals surface area contributed by atoms with E-state index < -0.39 is 0 Å². The Morgan fingerprint density at radius 2 is 2.30 bits per heavy atom. The van der Waals surface area contributed by atoms with Gasteiger partial charge in [0.1, 0.15) is 0 Å². The number of hydrogen-bond acceptors (Lipinski definition) is 5. The molecule has 2 fully saturated rings. The van der Waals surface area contributed by atoms with E-state index in [2.05, 4.69) is 34.1 Å². The van der Waals surface area contributed by atoms with Crippen molar-refractivity contribution in [3.05, 3.63) is 11.1 Å². The summed E-state index contributed by atoms with van der Waals surface area (Å²) in [7, 11) is 2.30. The summed E-state index contributed by atoms with van der Waals surface area (Å²) in [6, 6.07) is 0.807. The van der Waals surface area contributed by atoms with Crippen LogP contribution in [-0.4, -0.2) is 49.2 Å². The summed E-state index contributed by atoms with van der Waals surface area (Å²) in [6.45, 7) is 7.77. The average molecular weight is 294 g/mol. The van der Waals surface area contributed by atoms with Crippen molar-refractivity contribution in [2.45, 2.75) is 38.8 Å². The van der Waals surface area contributed by atoms with Crippen LogP contribution in [0.1, 0.15) is 31.1 Å². The molecule has 2 atom stereocenters. The second-order valence-electron chi connectivity index (χ2n) is 6.07. The Kier molecular flexibility index (Phi) is 4.58. The minimum atomic E-state index is 0.807. The lowest BCUT2D eigenvalue weighted by molar-refractivity contribution is 0.102. The summed E-state index contributed by atoms with van der Waals surface area (Å²) in [6.07, 6.45) is 6.08. The van der Waals surface area contributed by atoms with E-state index in [9.17, 15) is 0 Å². The van der Waals surface area contributed by atoms with Crippen LogP contribution in [0.15, 0.2) is 6.20 Å². The Morgan fingerprint density at radius 3 is 3.15 bits per heavy atom. The van der Waals surface area contributed by atoms with Crippen molar-refractivity contribution in [3.63, 3.8) is 0 Å². The first kappa shape index (κ1) is 14.3. The van der Waals surface area contributed by atoms with Gasteiger partial charge in [-0.2, -0.15) is 0 Å². The molecular formula is C15H26N4S. The molecule has 20 heavy (non-hydrogen) atoms. The predicted octanol–water partition coefficient (Wildman–Crippen LogP) is 2.17. The van der Waals surface area contributed by atoms with Gasteiger partial charge in [0.15, 0.2) is 5.13 Å². The Labute approximate surface area is 126 Å². The molecule has 0 aliphatic carbocycles. The first-order valence-electron chi connectivity index (χ1n) is 7.88. The van der Waals surface area contributed by atoms with E-state index in [1.807, 2.05) is 17.5 Å². The van der Waals surface area contributed by atoms with Crippen molar-refractivity contribution in [1.29, 1.82) is 0 Å². The highest BCUT2D eigenvalue weighted by Crippen LogP contribution is 2.33. The smallest absolute Gasteiger partial charge is 0.185 e. The monoisotopic (exact) mass is 294 g/mol.